The lowest BCUT2D eigenvalue weighted by atomic mass is 10.2. The van der Waals surface area contributed by atoms with Crippen LogP contribution in [0.2, 0.25) is 0 Å². The number of nitrogens with zero attached hydrogens (tertiary/aromatic N) is 1. The van der Waals surface area contributed by atoms with E-state index < -0.39 is 11.8 Å². The van der Waals surface area contributed by atoms with Crippen LogP contribution in [0.1, 0.15) is 12.5 Å². The summed E-state index contributed by atoms with van der Waals surface area (Å²) < 4.78 is 0.937. The van der Waals surface area contributed by atoms with Gasteiger partial charge in [0.25, 0.3) is 0 Å². The third-order valence-corrected chi connectivity index (χ3v) is 3.54. The van der Waals surface area contributed by atoms with Crippen LogP contribution in [0.4, 0.5) is 5.69 Å². The van der Waals surface area contributed by atoms with Crippen molar-refractivity contribution in [3.8, 4) is 0 Å². The summed E-state index contributed by atoms with van der Waals surface area (Å²) in [5, 5.41) is 11.4. The summed E-state index contributed by atoms with van der Waals surface area (Å²) in [6, 6.07) is 5.29. The van der Waals surface area contributed by atoms with Gasteiger partial charge < -0.3 is 15.3 Å². The Hall–Kier alpha value is -1.40. The average molecular weight is 329 g/mol. The number of aliphatic hydroxyl groups excluding tert-OH is 1. The Labute approximate surface area is 120 Å². The molecular weight excluding hydrogens is 312 g/mol. The number of halogens is 1. The lowest BCUT2D eigenvalue weighted by Gasteiger charge is -2.18. The monoisotopic (exact) mass is 328 g/mol. The van der Waals surface area contributed by atoms with Gasteiger partial charge in [0, 0.05) is 23.2 Å². The standard InChI is InChI=1S/C13H17BrN2O3/c1-3-16(6-7-17)13(19)12(18)15-10-4-5-11(14)9(2)8-10/h4-5,8,17H,3,6-7H2,1-2H3,(H,15,18). The maximum absolute atomic E-state index is 11.8. The van der Waals surface area contributed by atoms with Crippen molar-refractivity contribution in [3.63, 3.8) is 0 Å². The minimum Gasteiger partial charge on any atom is -0.395 e. The highest BCUT2D eigenvalue weighted by atomic mass is 79.9. The zero-order valence-corrected chi connectivity index (χ0v) is 12.5. The minimum absolute atomic E-state index is 0.155. The molecule has 0 fully saturated rings. The van der Waals surface area contributed by atoms with E-state index in [1.54, 1.807) is 25.1 Å². The number of benzene rings is 1. The summed E-state index contributed by atoms with van der Waals surface area (Å²) >= 11 is 3.36. The summed E-state index contributed by atoms with van der Waals surface area (Å²) in [4.78, 5) is 24.9. The molecule has 2 amide bonds. The number of carbonyl (C=O) groups is 2. The molecule has 1 aromatic rings. The second-order valence-corrected chi connectivity index (χ2v) is 4.88. The van der Waals surface area contributed by atoms with E-state index in [2.05, 4.69) is 21.2 Å². The molecule has 0 heterocycles. The van der Waals surface area contributed by atoms with Crippen molar-refractivity contribution in [1.29, 1.82) is 0 Å². The molecule has 0 aromatic heterocycles. The van der Waals surface area contributed by atoms with Gasteiger partial charge in [-0.1, -0.05) is 15.9 Å². The number of hydrogen-bond acceptors (Lipinski definition) is 3. The Morgan fingerprint density at radius 2 is 2.11 bits per heavy atom. The first-order valence-corrected chi connectivity index (χ1v) is 6.76. The van der Waals surface area contributed by atoms with Gasteiger partial charge in [0.15, 0.2) is 0 Å². The molecule has 2 N–H and O–H groups in total. The van der Waals surface area contributed by atoms with Crippen LogP contribution in [0, 0.1) is 6.92 Å². The summed E-state index contributed by atoms with van der Waals surface area (Å²) in [6.07, 6.45) is 0. The molecule has 6 heteroatoms. The molecule has 0 radical (unpaired) electrons. The lowest BCUT2D eigenvalue weighted by Crippen LogP contribution is -2.41. The Balaban J connectivity index is 2.73. The lowest BCUT2D eigenvalue weighted by molar-refractivity contribution is -0.143. The zero-order chi connectivity index (χ0) is 14.4. The van der Waals surface area contributed by atoms with Crippen LogP contribution in [0.15, 0.2) is 22.7 Å². The third-order valence-electron chi connectivity index (χ3n) is 2.65. The number of anilines is 1. The van der Waals surface area contributed by atoms with Gasteiger partial charge >= 0.3 is 11.8 Å². The van der Waals surface area contributed by atoms with Crippen molar-refractivity contribution in [2.75, 3.05) is 25.0 Å². The van der Waals surface area contributed by atoms with E-state index in [4.69, 9.17) is 5.11 Å². The number of rotatable bonds is 4. The highest BCUT2D eigenvalue weighted by molar-refractivity contribution is 9.10. The highest BCUT2D eigenvalue weighted by Gasteiger charge is 2.20. The van der Waals surface area contributed by atoms with Gasteiger partial charge in [-0.2, -0.15) is 0 Å². The molecule has 104 valence electrons. The molecule has 0 saturated carbocycles. The smallest absolute Gasteiger partial charge is 0.313 e. The number of likely N-dealkylation sites (N-methyl/N-ethyl adjacent to an activating group) is 1. The van der Waals surface area contributed by atoms with Crippen LogP contribution in [0.5, 0.6) is 0 Å². The summed E-state index contributed by atoms with van der Waals surface area (Å²) in [7, 11) is 0. The third kappa shape index (κ3) is 4.33. The first-order valence-electron chi connectivity index (χ1n) is 5.96. The molecule has 0 atom stereocenters. The SMILES string of the molecule is CCN(CCO)C(=O)C(=O)Nc1ccc(Br)c(C)c1. The summed E-state index contributed by atoms with van der Waals surface area (Å²) in [5.41, 5.74) is 1.53. The van der Waals surface area contributed by atoms with Crippen molar-refractivity contribution < 1.29 is 14.7 Å². The van der Waals surface area contributed by atoms with Gasteiger partial charge in [-0.15, -0.1) is 0 Å². The topological polar surface area (TPSA) is 69.6 Å². The highest BCUT2D eigenvalue weighted by Crippen LogP contribution is 2.19. The molecule has 0 spiro atoms. The molecule has 5 nitrogen and oxygen atoms in total. The predicted octanol–water partition coefficient (Wildman–Crippen LogP) is 1.54. The summed E-state index contributed by atoms with van der Waals surface area (Å²) in [6.45, 7) is 4.02. The molecule has 0 unspecified atom stereocenters. The van der Waals surface area contributed by atoms with E-state index in [-0.39, 0.29) is 13.2 Å². The van der Waals surface area contributed by atoms with Crippen molar-refractivity contribution in [2.24, 2.45) is 0 Å². The molecular formula is C13H17BrN2O3. The van der Waals surface area contributed by atoms with Crippen LogP contribution < -0.4 is 5.32 Å². The van der Waals surface area contributed by atoms with Crippen LogP contribution in [-0.2, 0) is 9.59 Å². The fourth-order valence-electron chi connectivity index (χ4n) is 1.57. The van der Waals surface area contributed by atoms with Gasteiger partial charge in [0.05, 0.1) is 6.61 Å². The van der Waals surface area contributed by atoms with Crippen molar-refractivity contribution in [3.05, 3.63) is 28.2 Å². The van der Waals surface area contributed by atoms with Crippen LogP contribution in [0.25, 0.3) is 0 Å². The molecule has 0 aliphatic heterocycles. The van der Waals surface area contributed by atoms with Crippen LogP contribution in [-0.4, -0.2) is 41.5 Å². The maximum Gasteiger partial charge on any atom is 0.313 e. The van der Waals surface area contributed by atoms with Gasteiger partial charge in [0.1, 0.15) is 0 Å². The maximum atomic E-state index is 11.8. The molecule has 0 aliphatic carbocycles. The number of amides is 2. The average Bonchev–Trinajstić information content (AvgIpc) is 2.39. The van der Waals surface area contributed by atoms with E-state index in [1.165, 1.54) is 4.90 Å². The molecule has 0 saturated heterocycles. The molecule has 19 heavy (non-hydrogen) atoms. The van der Waals surface area contributed by atoms with Gasteiger partial charge in [0.2, 0.25) is 0 Å². The fourth-order valence-corrected chi connectivity index (χ4v) is 1.82. The Bertz CT molecular complexity index is 477. The predicted molar refractivity (Wildman–Crippen MR) is 76.8 cm³/mol. The number of hydrogen-bond donors (Lipinski definition) is 2. The van der Waals surface area contributed by atoms with Crippen molar-refractivity contribution >= 4 is 33.4 Å². The van der Waals surface area contributed by atoms with E-state index in [0.29, 0.717) is 12.2 Å². The Morgan fingerprint density at radius 3 is 2.63 bits per heavy atom. The second kappa shape index (κ2) is 7.25. The van der Waals surface area contributed by atoms with Crippen molar-refractivity contribution in [1.82, 2.24) is 4.90 Å². The van der Waals surface area contributed by atoms with Gasteiger partial charge in [-0.05, 0) is 37.6 Å². The molecule has 0 bridgehead atoms. The number of carbonyl (C=O) groups excluding carboxylic acids is 2. The number of nitrogens with one attached hydrogen (secondary N) is 1. The Morgan fingerprint density at radius 1 is 1.42 bits per heavy atom. The van der Waals surface area contributed by atoms with E-state index >= 15 is 0 Å². The molecule has 1 aromatic carbocycles. The Kier molecular flexibility index (Phi) is 5.98. The zero-order valence-electron chi connectivity index (χ0n) is 10.9. The van der Waals surface area contributed by atoms with Crippen molar-refractivity contribution in [2.45, 2.75) is 13.8 Å². The molecule has 1 rings (SSSR count). The normalized spacial score (nSPS) is 10.1. The minimum atomic E-state index is -0.697. The van der Waals surface area contributed by atoms with Crippen LogP contribution >= 0.6 is 15.9 Å². The van der Waals surface area contributed by atoms with Crippen LogP contribution in [0.3, 0.4) is 0 Å². The largest absolute Gasteiger partial charge is 0.395 e. The fraction of sp³-hybridized carbons (Fsp3) is 0.385. The van der Waals surface area contributed by atoms with E-state index in [9.17, 15) is 9.59 Å². The van der Waals surface area contributed by atoms with Gasteiger partial charge in [-0.3, -0.25) is 9.59 Å². The molecule has 0 aliphatic rings. The first kappa shape index (κ1) is 15.7. The first-order chi connectivity index (χ1) is 8.99. The summed E-state index contributed by atoms with van der Waals surface area (Å²) in [5.74, 6) is -1.34. The second-order valence-electron chi connectivity index (χ2n) is 4.03. The van der Waals surface area contributed by atoms with E-state index in [0.717, 1.165) is 10.0 Å². The number of aryl methyl sites for hydroxylation is 1. The van der Waals surface area contributed by atoms with E-state index in [1.807, 2.05) is 6.92 Å². The quantitative estimate of drug-likeness (QED) is 0.823. The van der Waals surface area contributed by atoms with Gasteiger partial charge in [-0.25, -0.2) is 0 Å². The number of aliphatic hydroxyl groups is 1.